The van der Waals surface area contributed by atoms with E-state index in [9.17, 15) is 0 Å². The van der Waals surface area contributed by atoms with E-state index in [0.717, 1.165) is 18.4 Å². The second-order valence-corrected chi connectivity index (χ2v) is 6.12. The van der Waals surface area contributed by atoms with Crippen molar-refractivity contribution in [3.05, 3.63) is 0 Å². The van der Waals surface area contributed by atoms with Crippen LogP contribution in [0.25, 0.3) is 0 Å². The van der Waals surface area contributed by atoms with Gasteiger partial charge in [-0.2, -0.15) is 0 Å². The van der Waals surface area contributed by atoms with Gasteiger partial charge in [0.15, 0.2) is 0 Å². The van der Waals surface area contributed by atoms with Gasteiger partial charge >= 0.3 is 0 Å². The van der Waals surface area contributed by atoms with Crippen LogP contribution in [0.4, 0.5) is 0 Å². The highest BCUT2D eigenvalue weighted by Crippen LogP contribution is 2.31. The monoisotopic (exact) mass is 239 g/mol. The van der Waals surface area contributed by atoms with Crippen LogP contribution in [-0.4, -0.2) is 55.1 Å². The van der Waals surface area contributed by atoms with E-state index in [4.69, 9.17) is 5.73 Å². The van der Waals surface area contributed by atoms with Crippen LogP contribution in [0.15, 0.2) is 0 Å². The van der Waals surface area contributed by atoms with Crippen molar-refractivity contribution in [3.8, 4) is 0 Å². The molecule has 2 aliphatic rings. The van der Waals surface area contributed by atoms with Crippen molar-refractivity contribution in [2.24, 2.45) is 17.6 Å². The van der Waals surface area contributed by atoms with Crippen molar-refractivity contribution in [2.75, 3.05) is 39.3 Å². The average molecular weight is 239 g/mol. The topological polar surface area (TPSA) is 32.5 Å². The molecule has 1 aliphatic carbocycles. The van der Waals surface area contributed by atoms with Crippen molar-refractivity contribution in [1.82, 2.24) is 9.80 Å². The molecule has 0 aromatic rings. The molecule has 2 unspecified atom stereocenters. The second-order valence-electron chi connectivity index (χ2n) is 6.12. The van der Waals surface area contributed by atoms with Gasteiger partial charge in [0.05, 0.1) is 0 Å². The lowest BCUT2D eigenvalue weighted by Gasteiger charge is -2.38. The van der Waals surface area contributed by atoms with E-state index >= 15 is 0 Å². The fourth-order valence-electron chi connectivity index (χ4n) is 3.46. The molecular weight excluding hydrogens is 210 g/mol. The molecule has 2 N–H and O–H groups in total. The van der Waals surface area contributed by atoms with Gasteiger partial charge in [-0.25, -0.2) is 0 Å². The lowest BCUT2D eigenvalue weighted by atomic mass is 9.95. The summed E-state index contributed by atoms with van der Waals surface area (Å²) in [7, 11) is 0. The van der Waals surface area contributed by atoms with Gasteiger partial charge in [0.25, 0.3) is 0 Å². The van der Waals surface area contributed by atoms with Gasteiger partial charge < -0.3 is 10.6 Å². The third-order valence-electron chi connectivity index (χ3n) is 4.75. The van der Waals surface area contributed by atoms with Gasteiger partial charge in [0, 0.05) is 38.8 Å². The molecule has 0 radical (unpaired) electrons. The SMILES string of the molecule is CC(C)N1CCN(CC2CCCC2CN)CC1. The maximum absolute atomic E-state index is 5.86. The van der Waals surface area contributed by atoms with Gasteiger partial charge in [0.1, 0.15) is 0 Å². The zero-order chi connectivity index (χ0) is 12.3. The van der Waals surface area contributed by atoms with Crippen LogP contribution in [0, 0.1) is 11.8 Å². The first-order valence-electron chi connectivity index (χ1n) is 7.37. The lowest BCUT2D eigenvalue weighted by molar-refractivity contribution is 0.0916. The van der Waals surface area contributed by atoms with Crippen molar-refractivity contribution >= 4 is 0 Å². The van der Waals surface area contributed by atoms with Gasteiger partial charge in [0.2, 0.25) is 0 Å². The Morgan fingerprint density at radius 2 is 1.71 bits per heavy atom. The standard InChI is InChI=1S/C14H29N3/c1-12(2)17-8-6-16(7-9-17)11-14-5-3-4-13(14)10-15/h12-14H,3-11,15H2,1-2H3. The predicted molar refractivity (Wildman–Crippen MR) is 73.0 cm³/mol. The van der Waals surface area contributed by atoms with Crippen LogP contribution < -0.4 is 5.73 Å². The second kappa shape index (κ2) is 6.17. The van der Waals surface area contributed by atoms with Gasteiger partial charge in [-0.05, 0) is 45.1 Å². The van der Waals surface area contributed by atoms with E-state index in [1.54, 1.807) is 0 Å². The highest BCUT2D eigenvalue weighted by Gasteiger charge is 2.29. The highest BCUT2D eigenvalue weighted by molar-refractivity contribution is 4.83. The van der Waals surface area contributed by atoms with E-state index < -0.39 is 0 Å². The Kier molecular flexibility index (Phi) is 4.83. The Hall–Kier alpha value is -0.120. The van der Waals surface area contributed by atoms with E-state index in [1.807, 2.05) is 0 Å². The summed E-state index contributed by atoms with van der Waals surface area (Å²) in [5.74, 6) is 1.68. The van der Waals surface area contributed by atoms with Gasteiger partial charge in [-0.1, -0.05) is 6.42 Å². The summed E-state index contributed by atoms with van der Waals surface area (Å²) in [5.41, 5.74) is 5.86. The number of nitrogens with two attached hydrogens (primary N) is 1. The molecule has 1 saturated carbocycles. The fraction of sp³-hybridized carbons (Fsp3) is 1.00. The Morgan fingerprint density at radius 1 is 1.06 bits per heavy atom. The molecule has 1 aliphatic heterocycles. The summed E-state index contributed by atoms with van der Waals surface area (Å²) >= 11 is 0. The number of piperazine rings is 1. The molecule has 3 heteroatoms. The summed E-state index contributed by atoms with van der Waals surface area (Å²) in [6, 6.07) is 0.709. The molecule has 100 valence electrons. The highest BCUT2D eigenvalue weighted by atomic mass is 15.3. The maximum Gasteiger partial charge on any atom is 0.0113 e. The molecule has 0 bridgehead atoms. The normalized spacial score (nSPS) is 32.5. The van der Waals surface area contributed by atoms with Gasteiger partial charge in [-0.15, -0.1) is 0 Å². The molecule has 0 aromatic carbocycles. The summed E-state index contributed by atoms with van der Waals surface area (Å²) < 4.78 is 0. The number of hydrogen-bond donors (Lipinski definition) is 1. The summed E-state index contributed by atoms with van der Waals surface area (Å²) in [5, 5.41) is 0. The first kappa shape index (κ1) is 13.3. The number of hydrogen-bond acceptors (Lipinski definition) is 3. The zero-order valence-corrected chi connectivity index (χ0v) is 11.6. The molecule has 0 spiro atoms. The van der Waals surface area contributed by atoms with E-state index in [2.05, 4.69) is 23.6 Å². The van der Waals surface area contributed by atoms with Crippen molar-refractivity contribution in [3.63, 3.8) is 0 Å². The number of rotatable bonds is 4. The van der Waals surface area contributed by atoms with Gasteiger partial charge in [-0.3, -0.25) is 4.90 Å². The maximum atomic E-state index is 5.86. The van der Waals surface area contributed by atoms with Crippen LogP contribution in [0.1, 0.15) is 33.1 Å². The first-order chi connectivity index (χ1) is 8.20. The molecule has 2 rings (SSSR count). The summed E-state index contributed by atoms with van der Waals surface area (Å²) in [4.78, 5) is 5.25. The molecule has 0 amide bonds. The quantitative estimate of drug-likeness (QED) is 0.804. The fourth-order valence-corrected chi connectivity index (χ4v) is 3.46. The predicted octanol–water partition coefficient (Wildman–Crippen LogP) is 1.39. The van der Waals surface area contributed by atoms with E-state index in [1.165, 1.54) is 52.0 Å². The molecule has 1 saturated heterocycles. The van der Waals surface area contributed by atoms with Crippen molar-refractivity contribution in [1.29, 1.82) is 0 Å². The van der Waals surface area contributed by atoms with Crippen LogP contribution in [0.3, 0.4) is 0 Å². The minimum atomic E-state index is 0.709. The van der Waals surface area contributed by atoms with Crippen molar-refractivity contribution < 1.29 is 0 Å². The Labute approximate surface area is 106 Å². The number of nitrogens with zero attached hydrogens (tertiary/aromatic N) is 2. The third kappa shape index (κ3) is 3.43. The molecule has 0 aromatic heterocycles. The van der Waals surface area contributed by atoms with Crippen LogP contribution in [0.2, 0.25) is 0 Å². The Balaban J connectivity index is 1.74. The minimum absolute atomic E-state index is 0.709. The smallest absolute Gasteiger partial charge is 0.0113 e. The summed E-state index contributed by atoms with van der Waals surface area (Å²) in [6.07, 6.45) is 4.18. The molecule has 2 atom stereocenters. The summed E-state index contributed by atoms with van der Waals surface area (Å²) in [6.45, 7) is 11.8. The zero-order valence-electron chi connectivity index (χ0n) is 11.6. The minimum Gasteiger partial charge on any atom is -0.330 e. The molecule has 1 heterocycles. The molecule has 2 fully saturated rings. The Morgan fingerprint density at radius 3 is 2.29 bits per heavy atom. The molecule has 17 heavy (non-hydrogen) atoms. The van der Waals surface area contributed by atoms with E-state index in [0.29, 0.717) is 6.04 Å². The largest absolute Gasteiger partial charge is 0.330 e. The molecule has 3 nitrogen and oxygen atoms in total. The van der Waals surface area contributed by atoms with Crippen molar-refractivity contribution in [2.45, 2.75) is 39.2 Å². The Bertz CT molecular complexity index is 222. The average Bonchev–Trinajstić information content (AvgIpc) is 2.77. The van der Waals surface area contributed by atoms with Crippen LogP contribution >= 0.6 is 0 Å². The molecular formula is C14H29N3. The first-order valence-corrected chi connectivity index (χ1v) is 7.37. The lowest BCUT2D eigenvalue weighted by Crippen LogP contribution is -2.50. The van der Waals surface area contributed by atoms with Crippen LogP contribution in [0.5, 0.6) is 0 Å². The van der Waals surface area contributed by atoms with Crippen LogP contribution in [-0.2, 0) is 0 Å². The van der Waals surface area contributed by atoms with E-state index in [-0.39, 0.29) is 0 Å². The third-order valence-corrected chi connectivity index (χ3v) is 4.75.